The zero-order valence-corrected chi connectivity index (χ0v) is 19.0. The molecule has 0 bridgehead atoms. The van der Waals surface area contributed by atoms with Gasteiger partial charge in [0, 0.05) is 42.2 Å². The van der Waals surface area contributed by atoms with E-state index in [0.29, 0.717) is 19.0 Å². The number of nitrogens with zero attached hydrogens (tertiary/aromatic N) is 2. The molecule has 2 atom stereocenters. The number of hydrogen-bond acceptors (Lipinski definition) is 5. The molecule has 0 aliphatic carbocycles. The van der Waals surface area contributed by atoms with Crippen molar-refractivity contribution in [2.45, 2.75) is 51.4 Å². The van der Waals surface area contributed by atoms with Crippen LogP contribution in [0.5, 0.6) is 0 Å². The largest absolute Gasteiger partial charge is 0.444 e. The molecule has 1 fully saturated rings. The van der Waals surface area contributed by atoms with Crippen molar-refractivity contribution in [3.8, 4) is 0 Å². The number of alkyl halides is 1. The van der Waals surface area contributed by atoms with Gasteiger partial charge in [-0.25, -0.2) is 13.2 Å². The summed E-state index contributed by atoms with van der Waals surface area (Å²) in [6.45, 7) is 8.19. The lowest BCUT2D eigenvalue weighted by atomic mass is 9.95. The molecule has 9 heteroatoms. The molecule has 0 aromatic heterocycles. The number of carbonyl (C=O) groups excluding carboxylic acids is 1. The summed E-state index contributed by atoms with van der Waals surface area (Å²) in [7, 11) is 1.74. The van der Waals surface area contributed by atoms with E-state index in [9.17, 15) is 13.2 Å². The molecule has 0 spiro atoms. The van der Waals surface area contributed by atoms with Crippen LogP contribution in [0.25, 0.3) is 0 Å². The summed E-state index contributed by atoms with van der Waals surface area (Å²) in [4.78, 5) is 16.4. The van der Waals surface area contributed by atoms with E-state index in [2.05, 4.69) is 4.90 Å². The molecule has 1 saturated heterocycles. The van der Waals surface area contributed by atoms with E-state index in [1.807, 2.05) is 30.3 Å². The van der Waals surface area contributed by atoms with E-state index in [1.165, 1.54) is 4.90 Å². The molecular weight excluding hydrogens is 423 g/mol. The second kappa shape index (κ2) is 8.78. The highest BCUT2D eigenvalue weighted by Crippen LogP contribution is 2.31. The Balaban J connectivity index is 2.34. The van der Waals surface area contributed by atoms with Crippen molar-refractivity contribution in [3.05, 3.63) is 35.9 Å². The zero-order chi connectivity index (χ0) is 21.2. The monoisotopic (exact) mass is 450 g/mol. The Labute approximate surface area is 177 Å². The molecule has 1 heterocycles. The van der Waals surface area contributed by atoms with Crippen molar-refractivity contribution in [1.29, 1.82) is 0 Å². The fourth-order valence-corrected chi connectivity index (χ4v) is 5.44. The van der Waals surface area contributed by atoms with Crippen LogP contribution in [-0.4, -0.2) is 66.2 Å². The minimum Gasteiger partial charge on any atom is -0.444 e. The van der Waals surface area contributed by atoms with Gasteiger partial charge < -0.3 is 4.74 Å². The Morgan fingerprint density at radius 3 is 2.39 bits per heavy atom. The van der Waals surface area contributed by atoms with E-state index in [-0.39, 0.29) is 18.3 Å². The van der Waals surface area contributed by atoms with Gasteiger partial charge in [0.1, 0.15) is 5.60 Å². The van der Waals surface area contributed by atoms with Crippen LogP contribution >= 0.6 is 22.3 Å². The van der Waals surface area contributed by atoms with Crippen molar-refractivity contribution in [1.82, 2.24) is 9.80 Å². The topological polar surface area (TPSA) is 66.9 Å². The number of amides is 1. The third-order valence-corrected chi connectivity index (χ3v) is 6.26. The predicted molar refractivity (Wildman–Crippen MR) is 112 cm³/mol. The van der Waals surface area contributed by atoms with Gasteiger partial charge in [0.05, 0.1) is 11.3 Å². The van der Waals surface area contributed by atoms with Gasteiger partial charge in [0.15, 0.2) is 0 Å². The van der Waals surface area contributed by atoms with Gasteiger partial charge in [0.25, 0.3) is 0 Å². The van der Waals surface area contributed by atoms with Gasteiger partial charge in [-0.15, -0.1) is 11.6 Å². The lowest BCUT2D eigenvalue weighted by Crippen LogP contribution is -2.68. The van der Waals surface area contributed by atoms with E-state index in [1.54, 1.807) is 27.7 Å². The van der Waals surface area contributed by atoms with Crippen LogP contribution in [0.3, 0.4) is 0 Å². The SMILES string of the molecule is CC(C)(C)OC(=O)N1C[C@H](CCl)N(Cc2ccccc2)C[C@]1(C)CS(=O)(=O)Cl. The number of halogens is 2. The molecule has 1 aliphatic heterocycles. The van der Waals surface area contributed by atoms with Crippen molar-refractivity contribution >= 4 is 37.4 Å². The Hall–Kier alpha value is -1.02. The standard InChI is InChI=1S/C19H28Cl2N2O4S/c1-18(2,3)27-17(24)23-12-16(10-20)22(11-15-8-6-5-7-9-15)13-19(23,4)14-28(21,25)26/h5-9,16H,10-14H2,1-4H3/t16-,19+/m0/s1. The fraction of sp³-hybridized carbons (Fsp3) is 0.632. The molecule has 0 radical (unpaired) electrons. The lowest BCUT2D eigenvalue weighted by molar-refractivity contribution is -0.0382. The van der Waals surface area contributed by atoms with E-state index in [4.69, 9.17) is 27.0 Å². The van der Waals surface area contributed by atoms with Crippen LogP contribution < -0.4 is 0 Å². The van der Waals surface area contributed by atoms with Crippen LogP contribution in [0.15, 0.2) is 30.3 Å². The molecule has 1 aromatic rings. The molecule has 28 heavy (non-hydrogen) atoms. The maximum absolute atomic E-state index is 12.8. The minimum absolute atomic E-state index is 0.138. The van der Waals surface area contributed by atoms with Crippen LogP contribution in [0.4, 0.5) is 4.79 Å². The molecule has 0 unspecified atom stereocenters. The van der Waals surface area contributed by atoms with Crippen molar-refractivity contribution < 1.29 is 17.9 Å². The van der Waals surface area contributed by atoms with Gasteiger partial charge in [-0.3, -0.25) is 9.80 Å². The maximum atomic E-state index is 12.8. The first kappa shape index (κ1) is 23.3. The zero-order valence-electron chi connectivity index (χ0n) is 16.7. The molecule has 0 N–H and O–H groups in total. The molecule has 158 valence electrons. The summed E-state index contributed by atoms with van der Waals surface area (Å²) in [5.74, 6) is -0.0725. The lowest BCUT2D eigenvalue weighted by Gasteiger charge is -2.51. The quantitative estimate of drug-likeness (QED) is 0.505. The second-order valence-electron chi connectivity index (χ2n) is 8.47. The molecule has 1 aliphatic rings. The van der Waals surface area contributed by atoms with Crippen LogP contribution in [0.2, 0.25) is 0 Å². The number of hydrogen-bond donors (Lipinski definition) is 0. The van der Waals surface area contributed by atoms with E-state index < -0.39 is 26.3 Å². The Morgan fingerprint density at radius 1 is 1.29 bits per heavy atom. The van der Waals surface area contributed by atoms with E-state index in [0.717, 1.165) is 5.56 Å². The highest BCUT2D eigenvalue weighted by Gasteiger charge is 2.47. The number of piperazine rings is 1. The molecule has 2 rings (SSSR count). The van der Waals surface area contributed by atoms with Gasteiger partial charge in [0.2, 0.25) is 9.05 Å². The molecule has 1 amide bonds. The molecule has 1 aromatic carbocycles. The van der Waals surface area contributed by atoms with Crippen LogP contribution in [0, 0.1) is 0 Å². The third-order valence-electron chi connectivity index (χ3n) is 4.61. The molecule has 6 nitrogen and oxygen atoms in total. The molecule has 0 saturated carbocycles. The Morgan fingerprint density at radius 2 is 1.89 bits per heavy atom. The maximum Gasteiger partial charge on any atom is 0.410 e. The summed E-state index contributed by atoms with van der Waals surface area (Å²) >= 11 is 6.21. The van der Waals surface area contributed by atoms with Crippen molar-refractivity contribution in [3.63, 3.8) is 0 Å². The Kier molecular flexibility index (Phi) is 7.29. The second-order valence-corrected chi connectivity index (χ2v) is 11.6. The predicted octanol–water partition coefficient (Wildman–Crippen LogP) is 3.67. The normalized spacial score (nSPS) is 24.2. The minimum atomic E-state index is -3.85. The van der Waals surface area contributed by atoms with E-state index >= 15 is 0 Å². The third kappa shape index (κ3) is 6.51. The van der Waals surface area contributed by atoms with Gasteiger partial charge in [-0.2, -0.15) is 0 Å². The number of ether oxygens (including phenoxy) is 1. The van der Waals surface area contributed by atoms with Gasteiger partial charge in [-0.1, -0.05) is 30.3 Å². The van der Waals surface area contributed by atoms with Gasteiger partial charge in [-0.05, 0) is 33.3 Å². The Bertz CT molecular complexity index is 783. The van der Waals surface area contributed by atoms with Crippen LogP contribution in [-0.2, 0) is 20.3 Å². The number of rotatable bonds is 5. The number of carbonyl (C=O) groups is 1. The first-order chi connectivity index (χ1) is 12.8. The first-order valence-corrected chi connectivity index (χ1v) is 12.1. The average Bonchev–Trinajstić information content (AvgIpc) is 2.52. The number of benzene rings is 1. The smallest absolute Gasteiger partial charge is 0.410 e. The van der Waals surface area contributed by atoms with Crippen molar-refractivity contribution in [2.24, 2.45) is 0 Å². The summed E-state index contributed by atoms with van der Waals surface area (Å²) in [6.07, 6.45) is -0.565. The summed E-state index contributed by atoms with van der Waals surface area (Å²) in [5, 5.41) is 0. The highest BCUT2D eigenvalue weighted by molar-refractivity contribution is 8.13. The van der Waals surface area contributed by atoms with Crippen molar-refractivity contribution in [2.75, 3.05) is 24.7 Å². The fourth-order valence-electron chi connectivity index (χ4n) is 3.45. The highest BCUT2D eigenvalue weighted by atomic mass is 35.7. The average molecular weight is 451 g/mol. The first-order valence-electron chi connectivity index (χ1n) is 9.10. The summed E-state index contributed by atoms with van der Waals surface area (Å²) in [6, 6.07) is 9.70. The molecular formula is C19H28Cl2N2O4S. The summed E-state index contributed by atoms with van der Waals surface area (Å²) < 4.78 is 29.4. The van der Waals surface area contributed by atoms with Crippen LogP contribution in [0.1, 0.15) is 33.3 Å². The summed E-state index contributed by atoms with van der Waals surface area (Å²) in [5.41, 5.74) is -0.658. The van der Waals surface area contributed by atoms with Gasteiger partial charge >= 0.3 is 6.09 Å².